The van der Waals surface area contributed by atoms with Crippen LogP contribution in [0, 0.1) is 17.3 Å². The van der Waals surface area contributed by atoms with Crippen LogP contribution in [-0.2, 0) is 0 Å². The van der Waals surface area contributed by atoms with Gasteiger partial charge in [0.2, 0.25) is 0 Å². The van der Waals surface area contributed by atoms with E-state index in [4.69, 9.17) is 0 Å². The van der Waals surface area contributed by atoms with Gasteiger partial charge < -0.3 is 0 Å². The molecule has 74 valence electrons. The molecule has 0 aromatic rings. The zero-order valence-corrected chi connectivity index (χ0v) is 9.32. The van der Waals surface area contributed by atoms with Gasteiger partial charge in [0.15, 0.2) is 0 Å². The van der Waals surface area contributed by atoms with E-state index in [1.807, 2.05) is 27.7 Å². The van der Waals surface area contributed by atoms with Crippen LogP contribution in [0.5, 0.6) is 0 Å². The van der Waals surface area contributed by atoms with Crippen molar-refractivity contribution in [1.82, 2.24) is 0 Å². The predicted octanol–water partition coefficient (Wildman–Crippen LogP) is 4.05. The van der Waals surface area contributed by atoms with Crippen LogP contribution in [0.4, 0.5) is 4.39 Å². The highest BCUT2D eigenvalue weighted by Crippen LogP contribution is 2.33. The van der Waals surface area contributed by atoms with Crippen LogP contribution in [0.25, 0.3) is 0 Å². The zero-order chi connectivity index (χ0) is 9.94. The van der Waals surface area contributed by atoms with E-state index in [2.05, 4.69) is 13.8 Å². The Labute approximate surface area is 76.6 Å². The van der Waals surface area contributed by atoms with E-state index in [1.165, 1.54) is 0 Å². The summed E-state index contributed by atoms with van der Waals surface area (Å²) in [5.41, 5.74) is -0.206. The molecular formula is C11H23F. The Balaban J connectivity index is 4.19. The van der Waals surface area contributed by atoms with Crippen LogP contribution in [-0.4, -0.2) is 6.17 Å². The highest BCUT2D eigenvalue weighted by atomic mass is 19.1. The summed E-state index contributed by atoms with van der Waals surface area (Å²) in [6.45, 7) is 12.2. The second kappa shape index (κ2) is 4.25. The van der Waals surface area contributed by atoms with E-state index in [0.29, 0.717) is 5.92 Å². The van der Waals surface area contributed by atoms with E-state index in [-0.39, 0.29) is 11.3 Å². The molecule has 0 rings (SSSR count). The fraction of sp³-hybridized carbons (Fsp3) is 1.00. The lowest BCUT2D eigenvalue weighted by Gasteiger charge is -2.31. The normalized spacial score (nSPS) is 20.2. The van der Waals surface area contributed by atoms with E-state index >= 15 is 0 Å². The Morgan fingerprint density at radius 1 is 1.17 bits per heavy atom. The van der Waals surface area contributed by atoms with Crippen molar-refractivity contribution < 1.29 is 4.39 Å². The molecule has 0 amide bonds. The molecule has 0 fully saturated rings. The van der Waals surface area contributed by atoms with Gasteiger partial charge in [0.25, 0.3) is 0 Å². The van der Waals surface area contributed by atoms with Gasteiger partial charge in [0.05, 0.1) is 0 Å². The Morgan fingerprint density at radius 2 is 1.58 bits per heavy atom. The van der Waals surface area contributed by atoms with Gasteiger partial charge in [-0.3, -0.25) is 0 Å². The topological polar surface area (TPSA) is 0 Å². The third-order valence-electron chi connectivity index (χ3n) is 2.83. The summed E-state index contributed by atoms with van der Waals surface area (Å²) in [5.74, 6) is 0.661. The van der Waals surface area contributed by atoms with Gasteiger partial charge in [-0.25, -0.2) is 4.39 Å². The second-order valence-corrected chi connectivity index (χ2v) is 5.01. The molecule has 0 bridgehead atoms. The van der Waals surface area contributed by atoms with Gasteiger partial charge in [-0.1, -0.05) is 48.0 Å². The third kappa shape index (κ3) is 3.12. The molecule has 0 N–H and O–H groups in total. The number of rotatable bonds is 3. The average Bonchev–Trinajstić information content (AvgIpc) is 1.98. The molecule has 0 aromatic heterocycles. The van der Waals surface area contributed by atoms with Crippen molar-refractivity contribution >= 4 is 0 Å². The summed E-state index contributed by atoms with van der Waals surface area (Å²) in [7, 11) is 0. The van der Waals surface area contributed by atoms with Crippen LogP contribution in [0.3, 0.4) is 0 Å². The molecule has 0 nitrogen and oxygen atoms in total. The number of hydrogen-bond acceptors (Lipinski definition) is 0. The molecule has 0 aliphatic heterocycles. The Morgan fingerprint density at radius 3 is 1.83 bits per heavy atom. The SMILES string of the molecule is CC[C@H](C)C(C)[C@@H](F)C(C)(C)C. The van der Waals surface area contributed by atoms with E-state index in [9.17, 15) is 4.39 Å². The largest absolute Gasteiger partial charge is 0.247 e. The average molecular weight is 174 g/mol. The lowest BCUT2D eigenvalue weighted by atomic mass is 9.77. The smallest absolute Gasteiger partial charge is 0.108 e. The molecule has 0 radical (unpaired) electrons. The predicted molar refractivity (Wildman–Crippen MR) is 53.0 cm³/mol. The van der Waals surface area contributed by atoms with Gasteiger partial charge in [-0.15, -0.1) is 0 Å². The monoisotopic (exact) mass is 174 g/mol. The molecule has 0 saturated heterocycles. The lowest BCUT2D eigenvalue weighted by Crippen LogP contribution is -2.31. The summed E-state index contributed by atoms with van der Waals surface area (Å²) < 4.78 is 13.7. The van der Waals surface area contributed by atoms with E-state index < -0.39 is 6.17 Å². The van der Waals surface area contributed by atoms with Gasteiger partial charge in [-0.05, 0) is 17.3 Å². The maximum absolute atomic E-state index is 13.7. The molecular weight excluding hydrogens is 151 g/mol. The van der Waals surface area contributed by atoms with Crippen molar-refractivity contribution in [3.63, 3.8) is 0 Å². The first-order valence-electron chi connectivity index (χ1n) is 4.94. The van der Waals surface area contributed by atoms with Crippen molar-refractivity contribution in [3.8, 4) is 0 Å². The standard InChI is InChI=1S/C11H23F/c1-7-8(2)9(3)10(12)11(4,5)6/h8-10H,7H2,1-6H3/t8-,9?,10+/m0/s1. The first kappa shape index (κ1) is 11.9. The number of alkyl halides is 1. The summed E-state index contributed by atoms with van der Waals surface area (Å²) >= 11 is 0. The minimum Gasteiger partial charge on any atom is -0.247 e. The molecule has 0 heterocycles. The number of halogens is 1. The fourth-order valence-electron chi connectivity index (χ4n) is 1.45. The molecule has 12 heavy (non-hydrogen) atoms. The molecule has 0 spiro atoms. The summed E-state index contributed by atoms with van der Waals surface area (Å²) in [6.07, 6.45) is 0.380. The highest BCUT2D eigenvalue weighted by molar-refractivity contribution is 4.80. The minimum absolute atomic E-state index is 0.176. The van der Waals surface area contributed by atoms with Crippen LogP contribution in [0.1, 0.15) is 48.0 Å². The molecule has 1 unspecified atom stereocenters. The maximum atomic E-state index is 13.7. The summed E-state index contributed by atoms with van der Waals surface area (Å²) in [5, 5.41) is 0. The molecule has 0 aliphatic rings. The molecule has 0 aromatic carbocycles. The Hall–Kier alpha value is -0.0700. The Bertz CT molecular complexity index is 123. The Kier molecular flexibility index (Phi) is 4.22. The molecule has 1 heteroatoms. The van der Waals surface area contributed by atoms with Gasteiger partial charge in [0.1, 0.15) is 6.17 Å². The summed E-state index contributed by atoms with van der Waals surface area (Å²) in [4.78, 5) is 0. The first-order chi connectivity index (χ1) is 5.30. The van der Waals surface area contributed by atoms with E-state index in [0.717, 1.165) is 6.42 Å². The lowest BCUT2D eigenvalue weighted by molar-refractivity contribution is 0.0764. The van der Waals surface area contributed by atoms with Crippen molar-refractivity contribution in [1.29, 1.82) is 0 Å². The zero-order valence-electron chi connectivity index (χ0n) is 9.32. The van der Waals surface area contributed by atoms with Crippen LogP contribution < -0.4 is 0 Å². The second-order valence-electron chi connectivity index (χ2n) is 5.01. The first-order valence-corrected chi connectivity index (χ1v) is 4.94. The fourth-order valence-corrected chi connectivity index (χ4v) is 1.45. The summed E-state index contributed by atoms with van der Waals surface area (Å²) in [6, 6.07) is 0. The van der Waals surface area contributed by atoms with Crippen molar-refractivity contribution in [2.75, 3.05) is 0 Å². The van der Waals surface area contributed by atoms with Crippen molar-refractivity contribution in [2.45, 2.75) is 54.1 Å². The van der Waals surface area contributed by atoms with E-state index in [1.54, 1.807) is 0 Å². The van der Waals surface area contributed by atoms with Crippen molar-refractivity contribution in [3.05, 3.63) is 0 Å². The van der Waals surface area contributed by atoms with Gasteiger partial charge in [-0.2, -0.15) is 0 Å². The van der Waals surface area contributed by atoms with Crippen LogP contribution >= 0.6 is 0 Å². The van der Waals surface area contributed by atoms with Crippen LogP contribution in [0.2, 0.25) is 0 Å². The van der Waals surface area contributed by atoms with Gasteiger partial charge in [0, 0.05) is 0 Å². The maximum Gasteiger partial charge on any atom is 0.108 e. The molecule has 0 aliphatic carbocycles. The van der Waals surface area contributed by atoms with Gasteiger partial charge >= 0.3 is 0 Å². The molecule has 0 saturated carbocycles. The quantitative estimate of drug-likeness (QED) is 0.605. The third-order valence-corrected chi connectivity index (χ3v) is 2.83. The highest BCUT2D eigenvalue weighted by Gasteiger charge is 2.31. The molecule has 3 atom stereocenters. The minimum atomic E-state index is -0.688. The van der Waals surface area contributed by atoms with Crippen molar-refractivity contribution in [2.24, 2.45) is 17.3 Å². The number of hydrogen-bond donors (Lipinski definition) is 0. The van der Waals surface area contributed by atoms with Crippen LogP contribution in [0.15, 0.2) is 0 Å².